The first kappa shape index (κ1) is 12.8. The Morgan fingerprint density at radius 1 is 1.29 bits per heavy atom. The number of carbonyl (C=O) groups is 1. The second kappa shape index (κ2) is 5.83. The molecule has 98 valence electrons. The maximum Gasteiger partial charge on any atom is 0.239 e. The van der Waals surface area contributed by atoms with Crippen LogP contribution in [0.25, 0.3) is 0 Å². The summed E-state index contributed by atoms with van der Waals surface area (Å²) in [5, 5.41) is 0. The minimum atomic E-state index is -0.282. The Balaban J connectivity index is 1.71. The van der Waals surface area contributed by atoms with Gasteiger partial charge in [0, 0.05) is 32.7 Å². The van der Waals surface area contributed by atoms with Crippen molar-refractivity contribution >= 4 is 5.91 Å². The zero-order chi connectivity index (χ0) is 12.3. The van der Waals surface area contributed by atoms with Crippen molar-refractivity contribution in [1.82, 2.24) is 9.80 Å². The standard InChI is InChI=1S/C13H25N3O/c1-2-3-12(14)13(17)16-8-6-15(7-9-16)10-11-4-5-11/h11-12H,2-10,14H2,1H3/t12-/m0/s1. The molecule has 2 aliphatic rings. The van der Waals surface area contributed by atoms with Crippen LogP contribution in [0, 0.1) is 5.92 Å². The quantitative estimate of drug-likeness (QED) is 0.767. The topological polar surface area (TPSA) is 49.6 Å². The Labute approximate surface area is 104 Å². The predicted octanol–water partition coefficient (Wildman–Crippen LogP) is 0.668. The second-order valence-corrected chi connectivity index (χ2v) is 5.46. The van der Waals surface area contributed by atoms with Crippen LogP contribution >= 0.6 is 0 Å². The van der Waals surface area contributed by atoms with Gasteiger partial charge in [-0.25, -0.2) is 0 Å². The number of hydrogen-bond donors (Lipinski definition) is 1. The number of amides is 1. The van der Waals surface area contributed by atoms with E-state index in [0.29, 0.717) is 0 Å². The van der Waals surface area contributed by atoms with E-state index < -0.39 is 0 Å². The average molecular weight is 239 g/mol. The first-order chi connectivity index (χ1) is 8.20. The summed E-state index contributed by atoms with van der Waals surface area (Å²) < 4.78 is 0. The van der Waals surface area contributed by atoms with Crippen LogP contribution in [0.2, 0.25) is 0 Å². The molecule has 4 nitrogen and oxygen atoms in total. The summed E-state index contributed by atoms with van der Waals surface area (Å²) in [5.41, 5.74) is 5.88. The van der Waals surface area contributed by atoms with Crippen molar-refractivity contribution in [3.8, 4) is 0 Å². The minimum Gasteiger partial charge on any atom is -0.339 e. The lowest BCUT2D eigenvalue weighted by atomic mass is 10.1. The molecular weight excluding hydrogens is 214 g/mol. The van der Waals surface area contributed by atoms with Crippen LogP contribution in [0.1, 0.15) is 32.6 Å². The van der Waals surface area contributed by atoms with Gasteiger partial charge in [0.1, 0.15) is 0 Å². The highest BCUT2D eigenvalue weighted by atomic mass is 16.2. The minimum absolute atomic E-state index is 0.151. The van der Waals surface area contributed by atoms with Crippen LogP contribution in [0.5, 0.6) is 0 Å². The first-order valence-corrected chi connectivity index (χ1v) is 6.97. The molecule has 17 heavy (non-hydrogen) atoms. The Bertz CT molecular complexity index is 257. The summed E-state index contributed by atoms with van der Waals surface area (Å²) >= 11 is 0. The molecule has 0 unspecified atom stereocenters. The van der Waals surface area contributed by atoms with Gasteiger partial charge >= 0.3 is 0 Å². The normalized spacial score (nSPS) is 23.8. The van der Waals surface area contributed by atoms with Gasteiger partial charge in [0.2, 0.25) is 5.91 Å². The maximum atomic E-state index is 12.0. The van der Waals surface area contributed by atoms with Gasteiger partial charge in [-0.3, -0.25) is 9.69 Å². The van der Waals surface area contributed by atoms with E-state index in [1.165, 1.54) is 19.4 Å². The summed E-state index contributed by atoms with van der Waals surface area (Å²) in [6.45, 7) is 7.10. The molecule has 2 rings (SSSR count). The molecule has 0 aromatic carbocycles. The van der Waals surface area contributed by atoms with Gasteiger partial charge in [-0.2, -0.15) is 0 Å². The second-order valence-electron chi connectivity index (χ2n) is 5.46. The Hall–Kier alpha value is -0.610. The van der Waals surface area contributed by atoms with E-state index in [2.05, 4.69) is 11.8 Å². The molecule has 2 N–H and O–H groups in total. The van der Waals surface area contributed by atoms with E-state index >= 15 is 0 Å². The van der Waals surface area contributed by atoms with Crippen LogP contribution in [-0.2, 0) is 4.79 Å². The van der Waals surface area contributed by atoms with E-state index in [-0.39, 0.29) is 11.9 Å². The number of carbonyl (C=O) groups excluding carboxylic acids is 1. The monoisotopic (exact) mass is 239 g/mol. The summed E-state index contributed by atoms with van der Waals surface area (Å²) in [6, 6.07) is -0.282. The SMILES string of the molecule is CCC[C@H](N)C(=O)N1CCN(CC2CC2)CC1. The fourth-order valence-electron chi connectivity index (χ4n) is 2.49. The Kier molecular flexibility index (Phi) is 4.40. The van der Waals surface area contributed by atoms with Gasteiger partial charge in [-0.1, -0.05) is 13.3 Å². The summed E-state index contributed by atoms with van der Waals surface area (Å²) in [5.74, 6) is 1.09. The smallest absolute Gasteiger partial charge is 0.239 e. The molecule has 4 heteroatoms. The van der Waals surface area contributed by atoms with Crippen LogP contribution in [0.15, 0.2) is 0 Å². The van der Waals surface area contributed by atoms with Crippen molar-refractivity contribution in [2.45, 2.75) is 38.6 Å². The molecule has 0 aromatic heterocycles. The molecule has 2 fully saturated rings. The van der Waals surface area contributed by atoms with Crippen molar-refractivity contribution in [2.75, 3.05) is 32.7 Å². The summed E-state index contributed by atoms with van der Waals surface area (Å²) in [6.07, 6.45) is 4.59. The molecule has 1 saturated heterocycles. The first-order valence-electron chi connectivity index (χ1n) is 6.97. The van der Waals surface area contributed by atoms with Gasteiger partial charge in [0.15, 0.2) is 0 Å². The molecule has 0 bridgehead atoms. The van der Waals surface area contributed by atoms with Crippen molar-refractivity contribution in [2.24, 2.45) is 11.7 Å². The molecule has 1 heterocycles. The average Bonchev–Trinajstić information content (AvgIpc) is 3.13. The lowest BCUT2D eigenvalue weighted by Crippen LogP contribution is -2.53. The fraction of sp³-hybridized carbons (Fsp3) is 0.923. The van der Waals surface area contributed by atoms with E-state index in [0.717, 1.165) is 44.9 Å². The number of rotatable bonds is 5. The van der Waals surface area contributed by atoms with Gasteiger partial charge < -0.3 is 10.6 Å². The number of nitrogens with two attached hydrogens (primary N) is 1. The number of nitrogens with zero attached hydrogens (tertiary/aromatic N) is 2. The van der Waals surface area contributed by atoms with Gasteiger partial charge in [-0.05, 0) is 25.2 Å². The molecule has 0 radical (unpaired) electrons. The van der Waals surface area contributed by atoms with Crippen LogP contribution in [-0.4, -0.2) is 54.5 Å². The largest absolute Gasteiger partial charge is 0.339 e. The predicted molar refractivity (Wildman–Crippen MR) is 68.6 cm³/mol. The lowest BCUT2D eigenvalue weighted by Gasteiger charge is -2.35. The third kappa shape index (κ3) is 3.68. The van der Waals surface area contributed by atoms with Crippen LogP contribution < -0.4 is 5.73 Å². The molecule has 1 aliphatic heterocycles. The van der Waals surface area contributed by atoms with Gasteiger partial charge in [-0.15, -0.1) is 0 Å². The summed E-state index contributed by atoms with van der Waals surface area (Å²) in [4.78, 5) is 16.5. The van der Waals surface area contributed by atoms with Gasteiger partial charge in [0.25, 0.3) is 0 Å². The number of hydrogen-bond acceptors (Lipinski definition) is 3. The number of piperazine rings is 1. The third-order valence-corrected chi connectivity index (χ3v) is 3.81. The van der Waals surface area contributed by atoms with E-state index in [9.17, 15) is 4.79 Å². The zero-order valence-electron chi connectivity index (χ0n) is 10.9. The van der Waals surface area contributed by atoms with E-state index in [4.69, 9.17) is 5.73 Å². The fourth-order valence-corrected chi connectivity index (χ4v) is 2.49. The molecule has 1 atom stereocenters. The maximum absolute atomic E-state index is 12.0. The molecular formula is C13H25N3O. The molecule has 0 spiro atoms. The van der Waals surface area contributed by atoms with E-state index in [1.54, 1.807) is 0 Å². The van der Waals surface area contributed by atoms with Crippen molar-refractivity contribution in [3.05, 3.63) is 0 Å². The molecule has 1 saturated carbocycles. The zero-order valence-corrected chi connectivity index (χ0v) is 10.9. The van der Waals surface area contributed by atoms with E-state index in [1.807, 2.05) is 4.90 Å². The molecule has 0 aromatic rings. The summed E-state index contributed by atoms with van der Waals surface area (Å²) in [7, 11) is 0. The lowest BCUT2D eigenvalue weighted by molar-refractivity contribution is -0.134. The van der Waals surface area contributed by atoms with Crippen molar-refractivity contribution in [3.63, 3.8) is 0 Å². The Morgan fingerprint density at radius 2 is 1.94 bits per heavy atom. The third-order valence-electron chi connectivity index (χ3n) is 3.81. The molecule has 1 aliphatic carbocycles. The van der Waals surface area contributed by atoms with Gasteiger partial charge in [0.05, 0.1) is 6.04 Å². The molecule has 1 amide bonds. The van der Waals surface area contributed by atoms with Crippen molar-refractivity contribution in [1.29, 1.82) is 0 Å². The Morgan fingerprint density at radius 3 is 2.47 bits per heavy atom. The van der Waals surface area contributed by atoms with Crippen LogP contribution in [0.3, 0.4) is 0 Å². The highest BCUT2D eigenvalue weighted by Gasteiger charge is 2.28. The highest BCUT2D eigenvalue weighted by Crippen LogP contribution is 2.29. The van der Waals surface area contributed by atoms with Crippen LogP contribution in [0.4, 0.5) is 0 Å². The van der Waals surface area contributed by atoms with Crippen molar-refractivity contribution < 1.29 is 4.79 Å². The highest BCUT2D eigenvalue weighted by molar-refractivity contribution is 5.81.